The van der Waals surface area contributed by atoms with Gasteiger partial charge < -0.3 is 9.84 Å². The Morgan fingerprint density at radius 3 is 3.04 bits per heavy atom. The number of carbonyl (C=O) groups excluding carboxylic acids is 2. The van der Waals surface area contributed by atoms with Gasteiger partial charge in [0.25, 0.3) is 0 Å². The molecule has 0 fully saturated rings. The largest absolute Gasteiger partial charge is 0.360 e. The SMILES string of the molecule is C[C@@H](CC(=O)c1ncnc2c1CCC(=O)N2)c1cc(C2=NC=CC2)no1. The van der Waals surface area contributed by atoms with Gasteiger partial charge in [0.1, 0.15) is 29.3 Å². The Labute approximate surface area is 149 Å². The van der Waals surface area contributed by atoms with Crippen LogP contribution in [-0.2, 0) is 11.2 Å². The predicted molar refractivity (Wildman–Crippen MR) is 93.1 cm³/mol. The van der Waals surface area contributed by atoms with Gasteiger partial charge in [-0.1, -0.05) is 18.2 Å². The highest BCUT2D eigenvalue weighted by molar-refractivity contribution is 6.02. The van der Waals surface area contributed by atoms with Gasteiger partial charge in [-0.2, -0.15) is 0 Å². The van der Waals surface area contributed by atoms with E-state index in [-0.39, 0.29) is 24.0 Å². The molecule has 1 amide bonds. The van der Waals surface area contributed by atoms with Gasteiger partial charge in [0.05, 0.1) is 5.71 Å². The summed E-state index contributed by atoms with van der Waals surface area (Å²) in [6.07, 6.45) is 6.77. The van der Waals surface area contributed by atoms with Crippen LogP contribution in [0, 0.1) is 0 Å². The van der Waals surface area contributed by atoms with Crippen LogP contribution < -0.4 is 5.32 Å². The van der Waals surface area contributed by atoms with E-state index in [0.717, 1.165) is 12.1 Å². The molecular weight excluding hydrogens is 334 g/mol. The Hall–Kier alpha value is -3.16. The lowest BCUT2D eigenvalue weighted by Gasteiger charge is -2.17. The lowest BCUT2D eigenvalue weighted by molar-refractivity contribution is -0.116. The summed E-state index contributed by atoms with van der Waals surface area (Å²) in [7, 11) is 0. The maximum Gasteiger partial charge on any atom is 0.225 e. The van der Waals surface area contributed by atoms with Gasteiger partial charge in [-0.25, -0.2) is 9.97 Å². The zero-order valence-electron chi connectivity index (χ0n) is 14.2. The average molecular weight is 351 g/mol. The van der Waals surface area contributed by atoms with Crippen LogP contribution in [0.2, 0.25) is 0 Å². The number of amides is 1. The Morgan fingerprint density at radius 2 is 2.23 bits per heavy atom. The summed E-state index contributed by atoms with van der Waals surface area (Å²) in [5, 5.41) is 6.73. The minimum absolute atomic E-state index is 0.0959. The molecule has 1 atom stereocenters. The van der Waals surface area contributed by atoms with Crippen LogP contribution in [-0.4, -0.2) is 32.5 Å². The number of fused-ring (bicyclic) bond motifs is 1. The molecule has 2 aromatic rings. The Bertz CT molecular complexity index is 944. The molecule has 2 aliphatic rings. The molecule has 2 aromatic heterocycles. The van der Waals surface area contributed by atoms with E-state index in [1.54, 1.807) is 6.20 Å². The topological polar surface area (TPSA) is 110 Å². The second-order valence-electron chi connectivity index (χ2n) is 6.41. The summed E-state index contributed by atoms with van der Waals surface area (Å²) in [4.78, 5) is 36.7. The Balaban J connectivity index is 1.50. The van der Waals surface area contributed by atoms with Crippen LogP contribution in [0.1, 0.15) is 59.6 Å². The predicted octanol–water partition coefficient (Wildman–Crippen LogP) is 2.43. The zero-order chi connectivity index (χ0) is 18.1. The number of aliphatic imine (C=N–C) groups is 1. The fourth-order valence-electron chi connectivity index (χ4n) is 3.09. The molecule has 26 heavy (non-hydrogen) atoms. The molecule has 0 unspecified atom stereocenters. The van der Waals surface area contributed by atoms with Crippen LogP contribution >= 0.6 is 0 Å². The second kappa shape index (κ2) is 6.62. The smallest absolute Gasteiger partial charge is 0.225 e. The van der Waals surface area contributed by atoms with E-state index in [9.17, 15) is 9.59 Å². The summed E-state index contributed by atoms with van der Waals surface area (Å²) >= 11 is 0. The van der Waals surface area contributed by atoms with Crippen LogP contribution in [0.15, 0.2) is 34.2 Å². The molecule has 0 saturated heterocycles. The molecule has 2 aliphatic heterocycles. The number of allylic oxidation sites excluding steroid dienone is 1. The van der Waals surface area contributed by atoms with Gasteiger partial charge in [0.15, 0.2) is 5.78 Å². The standard InChI is InChI=1S/C18H17N5O3/c1-10(15-8-13(23-26-15)12-3-2-6-19-12)7-14(24)17-11-4-5-16(25)22-18(11)21-9-20-17/h2,6,8-10H,3-5,7H2,1H3,(H,20,21,22,25)/t10-/m0/s1. The highest BCUT2D eigenvalue weighted by atomic mass is 16.5. The van der Waals surface area contributed by atoms with Crippen molar-refractivity contribution in [3.05, 3.63) is 47.4 Å². The van der Waals surface area contributed by atoms with E-state index in [2.05, 4.69) is 25.4 Å². The first kappa shape index (κ1) is 16.3. The molecule has 0 aliphatic carbocycles. The van der Waals surface area contributed by atoms with Gasteiger partial charge in [0.2, 0.25) is 5.91 Å². The number of ketones is 1. The first-order valence-corrected chi connectivity index (χ1v) is 8.47. The molecule has 0 radical (unpaired) electrons. The van der Waals surface area contributed by atoms with Crippen LogP contribution in [0.4, 0.5) is 5.82 Å². The first-order valence-electron chi connectivity index (χ1n) is 8.47. The summed E-state index contributed by atoms with van der Waals surface area (Å²) in [5.41, 5.74) is 2.63. The van der Waals surface area contributed by atoms with E-state index in [0.29, 0.717) is 41.4 Å². The zero-order valence-corrected chi connectivity index (χ0v) is 14.2. The van der Waals surface area contributed by atoms with Gasteiger partial charge in [-0.3, -0.25) is 14.6 Å². The number of Topliss-reactive ketones (excluding diaryl/α,β-unsaturated/α-hetero) is 1. The highest BCUT2D eigenvalue weighted by Crippen LogP contribution is 2.27. The number of carbonyl (C=O) groups is 2. The van der Waals surface area contributed by atoms with E-state index >= 15 is 0 Å². The molecule has 8 nitrogen and oxygen atoms in total. The summed E-state index contributed by atoms with van der Waals surface area (Å²) in [5.74, 6) is 0.717. The van der Waals surface area contributed by atoms with Gasteiger partial charge >= 0.3 is 0 Å². The number of hydrogen-bond donors (Lipinski definition) is 1. The number of hydrogen-bond acceptors (Lipinski definition) is 7. The third kappa shape index (κ3) is 3.05. The van der Waals surface area contributed by atoms with E-state index in [1.807, 2.05) is 19.1 Å². The summed E-state index contributed by atoms with van der Waals surface area (Å²) < 4.78 is 5.40. The van der Waals surface area contributed by atoms with Crippen molar-refractivity contribution in [2.45, 2.75) is 38.5 Å². The number of nitrogens with one attached hydrogen (secondary N) is 1. The molecule has 4 heterocycles. The monoisotopic (exact) mass is 351 g/mol. The van der Waals surface area contributed by atoms with Crippen molar-refractivity contribution in [1.29, 1.82) is 0 Å². The van der Waals surface area contributed by atoms with Crippen LogP contribution in [0.3, 0.4) is 0 Å². The second-order valence-corrected chi connectivity index (χ2v) is 6.41. The number of nitrogens with zero attached hydrogens (tertiary/aromatic N) is 4. The lowest BCUT2D eigenvalue weighted by atomic mass is 9.95. The fraction of sp³-hybridized carbons (Fsp3) is 0.333. The van der Waals surface area contributed by atoms with Crippen LogP contribution in [0.25, 0.3) is 0 Å². The number of rotatable bonds is 5. The maximum absolute atomic E-state index is 12.7. The summed E-state index contributed by atoms with van der Waals surface area (Å²) in [6, 6.07) is 1.83. The van der Waals surface area contributed by atoms with Gasteiger partial charge in [0, 0.05) is 43.0 Å². The van der Waals surface area contributed by atoms with Crippen LogP contribution in [0.5, 0.6) is 0 Å². The maximum atomic E-state index is 12.7. The molecule has 0 bridgehead atoms. The lowest BCUT2D eigenvalue weighted by Crippen LogP contribution is -2.23. The minimum Gasteiger partial charge on any atom is -0.360 e. The third-order valence-electron chi connectivity index (χ3n) is 4.52. The molecule has 0 saturated carbocycles. The molecule has 1 N–H and O–H groups in total. The average Bonchev–Trinajstić information content (AvgIpc) is 3.32. The van der Waals surface area contributed by atoms with Crippen molar-refractivity contribution >= 4 is 23.2 Å². The van der Waals surface area contributed by atoms with E-state index < -0.39 is 0 Å². The molecule has 132 valence electrons. The van der Waals surface area contributed by atoms with E-state index in [1.165, 1.54) is 6.33 Å². The van der Waals surface area contributed by atoms with E-state index in [4.69, 9.17) is 4.52 Å². The molecular formula is C18H17N5O3. The van der Waals surface area contributed by atoms with Gasteiger partial charge in [-0.05, 0) is 6.42 Å². The van der Waals surface area contributed by atoms with Crippen molar-refractivity contribution in [1.82, 2.24) is 15.1 Å². The first-order chi connectivity index (χ1) is 12.6. The quantitative estimate of drug-likeness (QED) is 0.828. The third-order valence-corrected chi connectivity index (χ3v) is 4.52. The van der Waals surface area contributed by atoms with Crippen molar-refractivity contribution < 1.29 is 14.1 Å². The van der Waals surface area contributed by atoms with Crippen molar-refractivity contribution in [3.63, 3.8) is 0 Å². The molecule has 0 spiro atoms. The minimum atomic E-state index is -0.150. The molecule has 4 rings (SSSR count). The number of anilines is 1. The number of aromatic nitrogens is 3. The van der Waals surface area contributed by atoms with Crippen molar-refractivity contribution in [2.24, 2.45) is 4.99 Å². The highest BCUT2D eigenvalue weighted by Gasteiger charge is 2.25. The Kier molecular flexibility index (Phi) is 4.16. The molecule has 8 heteroatoms. The Morgan fingerprint density at radius 1 is 1.35 bits per heavy atom. The molecule has 0 aromatic carbocycles. The van der Waals surface area contributed by atoms with Gasteiger partial charge in [-0.15, -0.1) is 0 Å². The van der Waals surface area contributed by atoms with Crippen molar-refractivity contribution in [2.75, 3.05) is 5.32 Å². The fourth-order valence-corrected chi connectivity index (χ4v) is 3.09. The summed E-state index contributed by atoms with van der Waals surface area (Å²) in [6.45, 7) is 1.91. The normalized spacial score (nSPS) is 16.8. The van der Waals surface area contributed by atoms with Crippen molar-refractivity contribution in [3.8, 4) is 0 Å².